The van der Waals surface area contributed by atoms with Crippen LogP contribution in [0.5, 0.6) is 5.75 Å². The third-order valence-corrected chi connectivity index (χ3v) is 25.3. The molecule has 20 heteroatoms. The topological polar surface area (TPSA) is 148 Å². The Morgan fingerprint density at radius 1 is 0.400 bits per heavy atom. The van der Waals surface area contributed by atoms with Crippen molar-refractivity contribution >= 4 is 75.8 Å². The number of rotatable bonds is 20. The van der Waals surface area contributed by atoms with Crippen LogP contribution in [0.4, 0.5) is 37.7 Å². The maximum absolute atomic E-state index is 15.7. The van der Waals surface area contributed by atoms with Gasteiger partial charge in [-0.3, -0.25) is 0 Å². The minimum absolute atomic E-state index is 0.0746. The number of nitro groups is 2. The number of ketones is 2. The van der Waals surface area contributed by atoms with E-state index in [1.54, 1.807) is 182 Å². The summed E-state index contributed by atoms with van der Waals surface area (Å²) in [6, 6.07) is 59.8. The number of carbonyl (C=O) groups excluding carboxylic acids is 2. The average Bonchev–Trinajstić information content (AvgIpc) is 3.53. The average molecular weight is 1120 g/mol. The number of benzene rings is 9. The summed E-state index contributed by atoms with van der Waals surface area (Å²) in [6.45, 7) is -11.1. The van der Waals surface area contributed by atoms with Crippen LogP contribution in [0.25, 0.3) is 0 Å². The van der Waals surface area contributed by atoms with Crippen LogP contribution in [0.1, 0.15) is 31.8 Å². The second-order valence-corrected chi connectivity index (χ2v) is 27.6. The zero-order valence-electron chi connectivity index (χ0n) is 41.9. The summed E-state index contributed by atoms with van der Waals surface area (Å²) in [6.07, 6.45) is -12.3. The van der Waals surface area contributed by atoms with E-state index in [1.165, 1.54) is 36.4 Å². The van der Waals surface area contributed by atoms with Gasteiger partial charge in [0.1, 0.15) is 0 Å². The maximum atomic E-state index is 15.7. The SMILES string of the molecule is O=C(CP(OB(Oc1cc(C(F)(F)F)cc(C(F)(F)F)c1)OP(CC(=O)c1cccc([N+](=O)[O-])c1)(c1ccccc1)(c1ccccc1)c1ccccc1)(c1ccccc1)(c1ccccc1)c1ccccc1)c1cccc([N+](=O)[O-])c1. The summed E-state index contributed by atoms with van der Waals surface area (Å²) in [4.78, 5) is 54.6. The first kappa shape index (κ1) is 56.1. The van der Waals surface area contributed by atoms with Crippen molar-refractivity contribution in [1.29, 1.82) is 0 Å². The molecule has 404 valence electrons. The van der Waals surface area contributed by atoms with Gasteiger partial charge >= 0.3 is 457 Å². The van der Waals surface area contributed by atoms with Gasteiger partial charge in [-0.1, -0.05) is 0 Å². The molecule has 0 bridgehead atoms. The van der Waals surface area contributed by atoms with Crippen LogP contribution in [-0.2, 0) is 21.2 Å². The number of hydrogen-bond acceptors (Lipinski definition) is 9. The Bertz CT molecular complexity index is 3290. The van der Waals surface area contributed by atoms with E-state index < -0.39 is 95.3 Å². The fourth-order valence-electron chi connectivity index (χ4n) is 10.2. The van der Waals surface area contributed by atoms with Crippen LogP contribution in [-0.4, -0.2) is 41.1 Å². The zero-order chi connectivity index (χ0) is 56.8. The van der Waals surface area contributed by atoms with Crippen LogP contribution in [0.2, 0.25) is 0 Å². The van der Waals surface area contributed by atoms with E-state index in [2.05, 4.69) is 0 Å². The first-order chi connectivity index (χ1) is 38.3. The van der Waals surface area contributed by atoms with Gasteiger partial charge in [-0.25, -0.2) is 0 Å². The molecule has 0 radical (unpaired) electrons. The van der Waals surface area contributed by atoms with Crippen molar-refractivity contribution in [3.63, 3.8) is 0 Å². The molecular weight excluding hydrogens is 1080 g/mol. The molecule has 9 aromatic carbocycles. The van der Waals surface area contributed by atoms with Gasteiger partial charge in [0.05, 0.1) is 0 Å². The Balaban J connectivity index is 1.47. The summed E-state index contributed by atoms with van der Waals surface area (Å²) in [5.41, 5.74) is -4.73. The van der Waals surface area contributed by atoms with Gasteiger partial charge in [0.2, 0.25) is 0 Å². The van der Waals surface area contributed by atoms with E-state index in [4.69, 9.17) is 13.5 Å². The van der Waals surface area contributed by atoms with Gasteiger partial charge in [-0.05, 0) is 0 Å². The first-order valence-electron chi connectivity index (χ1n) is 24.5. The fourth-order valence-corrected chi connectivity index (χ4v) is 21.2. The molecule has 0 amide bonds. The molecule has 9 aromatic rings. The van der Waals surface area contributed by atoms with Crippen LogP contribution in [0, 0.1) is 20.2 Å². The molecule has 80 heavy (non-hydrogen) atoms. The van der Waals surface area contributed by atoms with Crippen molar-refractivity contribution in [2.24, 2.45) is 0 Å². The molecule has 0 saturated heterocycles. The zero-order valence-corrected chi connectivity index (χ0v) is 43.7. The van der Waals surface area contributed by atoms with Gasteiger partial charge in [0, 0.05) is 0 Å². The van der Waals surface area contributed by atoms with Gasteiger partial charge in [0.15, 0.2) is 0 Å². The molecule has 11 nitrogen and oxygen atoms in total. The molecule has 0 heterocycles. The Labute approximate surface area is 454 Å². The number of carbonyl (C=O) groups is 2. The van der Waals surface area contributed by atoms with E-state index in [1.807, 2.05) is 0 Å². The number of halogens is 6. The predicted octanol–water partition coefficient (Wildman–Crippen LogP) is 12.6. The van der Waals surface area contributed by atoms with Crippen LogP contribution < -0.4 is 36.5 Å². The van der Waals surface area contributed by atoms with Crippen molar-refractivity contribution in [2.45, 2.75) is 12.4 Å². The van der Waals surface area contributed by atoms with Crippen molar-refractivity contribution in [2.75, 3.05) is 12.3 Å². The van der Waals surface area contributed by atoms with Crippen LogP contribution in [0.3, 0.4) is 0 Å². The first-order valence-corrected chi connectivity index (χ1v) is 29.2. The summed E-state index contributed by atoms with van der Waals surface area (Å²) in [5.74, 6) is -2.58. The molecule has 0 unspecified atom stereocenters. The van der Waals surface area contributed by atoms with Gasteiger partial charge in [0.25, 0.3) is 0 Å². The van der Waals surface area contributed by atoms with E-state index in [9.17, 15) is 20.2 Å². The van der Waals surface area contributed by atoms with Crippen LogP contribution in [0.15, 0.2) is 249 Å². The van der Waals surface area contributed by atoms with E-state index in [-0.39, 0.29) is 49.0 Å². The molecule has 0 spiro atoms. The third kappa shape index (κ3) is 10.5. The molecule has 0 fully saturated rings. The normalized spacial score (nSPS) is 12.9. The number of nitro benzene ring substituents is 2. The number of nitrogens with zero attached hydrogens (tertiary/aromatic N) is 2. The summed E-state index contributed by atoms with van der Waals surface area (Å²) < 4.78 is 112. The van der Waals surface area contributed by atoms with Crippen molar-refractivity contribution in [1.82, 2.24) is 0 Å². The quantitative estimate of drug-likeness (QED) is 0.0182. The van der Waals surface area contributed by atoms with E-state index >= 15 is 35.9 Å². The summed E-state index contributed by atoms with van der Waals surface area (Å²) >= 11 is 0. The second-order valence-electron chi connectivity index (χ2n) is 18.6. The third-order valence-electron chi connectivity index (χ3n) is 13.9. The number of alkyl halides is 6. The standard InChI is InChI=1S/C60H45BF6N2O9P2/c62-59(63,64)46-39-47(60(65,66)67)41-50(40-46)76-61(77-79(51-25-7-1-8-26-51,52-27-9-2-10-28-52,53-29-11-3-12-30-53)42-57(70)44-21-19-23-48(37-44)68(72)73)78-80(54-31-13-4-14-32-54,55-33-15-5-16-34-55,56-35-17-6-18-36-56)43-58(71)45-22-20-24-49(38-45)69(74)75/h1-41H,42-43H2. The monoisotopic (exact) mass is 1120 g/mol. The molecule has 0 aliphatic carbocycles. The molecule has 0 aliphatic rings. The second kappa shape index (κ2) is 22.2. The Morgan fingerprint density at radius 2 is 0.675 bits per heavy atom. The Morgan fingerprint density at radius 3 is 0.925 bits per heavy atom. The number of Topliss-reactive ketones (excluding diaryl/α,β-unsaturated/α-hetero) is 2. The number of hydrogen-bond donors (Lipinski definition) is 0. The van der Waals surface area contributed by atoms with E-state index in [0.717, 1.165) is 12.1 Å². The van der Waals surface area contributed by atoms with Crippen molar-refractivity contribution in [3.8, 4) is 5.75 Å². The Hall–Kier alpha value is -8.66. The van der Waals surface area contributed by atoms with Crippen molar-refractivity contribution < 1.29 is 59.3 Å². The summed E-state index contributed by atoms with van der Waals surface area (Å²) in [5, 5.41) is 26.0. The molecule has 0 atom stereocenters. The molecule has 0 aliphatic heterocycles. The van der Waals surface area contributed by atoms with E-state index in [0.29, 0.717) is 12.1 Å². The molecular formula is C60H45BF6N2O9P2. The predicted molar refractivity (Wildman–Crippen MR) is 300 cm³/mol. The van der Waals surface area contributed by atoms with Gasteiger partial charge < -0.3 is 0 Å². The summed E-state index contributed by atoms with van der Waals surface area (Å²) in [7, 11) is -2.59. The molecule has 0 aromatic heterocycles. The van der Waals surface area contributed by atoms with Gasteiger partial charge in [-0.2, -0.15) is 0 Å². The molecule has 9 rings (SSSR count). The minimum atomic E-state index is -5.56. The molecule has 0 saturated carbocycles. The number of non-ortho nitro benzene ring substituents is 2. The van der Waals surface area contributed by atoms with Crippen molar-refractivity contribution in [3.05, 3.63) is 291 Å². The Kier molecular flexibility index (Phi) is 15.6. The van der Waals surface area contributed by atoms with Gasteiger partial charge in [-0.15, -0.1) is 0 Å². The van der Waals surface area contributed by atoms with Crippen LogP contribution >= 0.6 is 13.7 Å². The fraction of sp³-hybridized carbons (Fsp3) is 0.0667. The molecule has 0 N–H and O–H groups in total.